The van der Waals surface area contributed by atoms with Crippen molar-refractivity contribution in [3.05, 3.63) is 71.3 Å². The van der Waals surface area contributed by atoms with Crippen LogP contribution in [0.2, 0.25) is 0 Å². The Balaban J connectivity index is 1.86. The van der Waals surface area contributed by atoms with Gasteiger partial charge in [-0.2, -0.15) is 5.26 Å². The van der Waals surface area contributed by atoms with E-state index in [-0.39, 0.29) is 0 Å². The van der Waals surface area contributed by atoms with Crippen molar-refractivity contribution < 1.29 is 0 Å². The first kappa shape index (κ1) is 14.8. The molecule has 0 aromatic heterocycles. The Kier molecular flexibility index (Phi) is 4.56. The molecule has 2 aromatic carbocycles. The van der Waals surface area contributed by atoms with Gasteiger partial charge in [0.25, 0.3) is 0 Å². The summed E-state index contributed by atoms with van der Waals surface area (Å²) in [6.45, 7) is 3.44. The van der Waals surface area contributed by atoms with Gasteiger partial charge in [-0.1, -0.05) is 48.9 Å². The van der Waals surface area contributed by atoms with Crippen molar-refractivity contribution in [2.75, 3.05) is 6.54 Å². The van der Waals surface area contributed by atoms with Gasteiger partial charge in [-0.05, 0) is 49.6 Å². The minimum Gasteiger partial charge on any atom is -0.290 e. The molecule has 1 fully saturated rings. The number of rotatable bonds is 3. The van der Waals surface area contributed by atoms with Crippen LogP contribution >= 0.6 is 0 Å². The van der Waals surface area contributed by atoms with E-state index < -0.39 is 0 Å². The minimum absolute atomic E-state index is 0.419. The molecule has 0 amide bonds. The Morgan fingerprint density at radius 2 is 1.77 bits per heavy atom. The summed E-state index contributed by atoms with van der Waals surface area (Å²) < 4.78 is 0. The molecule has 22 heavy (non-hydrogen) atoms. The highest BCUT2D eigenvalue weighted by atomic mass is 15.2. The van der Waals surface area contributed by atoms with E-state index in [4.69, 9.17) is 5.26 Å². The fraction of sp³-hybridized carbons (Fsp3) is 0.350. The van der Waals surface area contributed by atoms with E-state index in [1.54, 1.807) is 0 Å². The van der Waals surface area contributed by atoms with Crippen molar-refractivity contribution in [3.8, 4) is 6.07 Å². The van der Waals surface area contributed by atoms with Crippen LogP contribution in [-0.4, -0.2) is 11.4 Å². The lowest BCUT2D eigenvalue weighted by Gasteiger charge is -2.40. The van der Waals surface area contributed by atoms with E-state index in [0.29, 0.717) is 12.1 Å². The summed E-state index contributed by atoms with van der Waals surface area (Å²) in [5, 5.41) is 8.97. The normalized spacial score (nSPS) is 20.3. The van der Waals surface area contributed by atoms with Gasteiger partial charge in [0.05, 0.1) is 11.6 Å². The maximum Gasteiger partial charge on any atom is 0.0991 e. The second-order valence-corrected chi connectivity index (χ2v) is 6.07. The number of hydrogen-bond acceptors (Lipinski definition) is 2. The molecule has 0 saturated carbocycles. The molecule has 1 unspecified atom stereocenters. The van der Waals surface area contributed by atoms with E-state index >= 15 is 0 Å². The van der Waals surface area contributed by atoms with Gasteiger partial charge in [0, 0.05) is 12.1 Å². The molecule has 3 rings (SSSR count). The van der Waals surface area contributed by atoms with Gasteiger partial charge in [-0.15, -0.1) is 0 Å². The molecular weight excluding hydrogens is 268 g/mol. The number of likely N-dealkylation sites (tertiary alicyclic amines) is 1. The monoisotopic (exact) mass is 290 g/mol. The number of piperidine rings is 1. The Labute approximate surface area is 133 Å². The first-order valence-corrected chi connectivity index (χ1v) is 8.10. The van der Waals surface area contributed by atoms with Crippen LogP contribution in [0.1, 0.15) is 55.0 Å². The van der Waals surface area contributed by atoms with Crippen molar-refractivity contribution in [2.45, 2.75) is 38.3 Å². The second-order valence-electron chi connectivity index (χ2n) is 6.07. The third-order valence-corrected chi connectivity index (χ3v) is 4.75. The Morgan fingerprint density at radius 3 is 2.45 bits per heavy atom. The minimum atomic E-state index is 0.419. The molecule has 1 aliphatic rings. The summed E-state index contributed by atoms with van der Waals surface area (Å²) in [7, 11) is 0. The van der Waals surface area contributed by atoms with Gasteiger partial charge in [0.15, 0.2) is 0 Å². The fourth-order valence-electron chi connectivity index (χ4n) is 3.48. The van der Waals surface area contributed by atoms with E-state index in [1.807, 2.05) is 12.1 Å². The largest absolute Gasteiger partial charge is 0.290 e. The quantitative estimate of drug-likeness (QED) is 0.808. The molecule has 1 aliphatic heterocycles. The predicted molar refractivity (Wildman–Crippen MR) is 89.3 cm³/mol. The summed E-state index contributed by atoms with van der Waals surface area (Å²) in [5.74, 6) is 0. The van der Waals surface area contributed by atoms with Crippen molar-refractivity contribution in [3.63, 3.8) is 0 Å². The molecule has 2 aromatic rings. The molecular formula is C20H22N2. The van der Waals surface area contributed by atoms with E-state index in [1.165, 1.54) is 30.4 Å². The molecule has 2 nitrogen and oxygen atoms in total. The summed E-state index contributed by atoms with van der Waals surface area (Å²) in [5.41, 5.74) is 3.45. The maximum atomic E-state index is 8.97. The summed E-state index contributed by atoms with van der Waals surface area (Å²) >= 11 is 0. The zero-order chi connectivity index (χ0) is 15.4. The smallest absolute Gasteiger partial charge is 0.0991 e. The summed E-state index contributed by atoms with van der Waals surface area (Å²) in [6.07, 6.45) is 3.75. The standard InChI is InChI=1S/C20H22N2/c1-16(18-7-3-2-4-8-18)22-14-6-5-9-20(22)19-12-10-17(15-21)11-13-19/h2-4,7-8,10-13,16,20H,5-6,9,14H2,1H3/t16-,20?/m0/s1. The van der Waals surface area contributed by atoms with Crippen molar-refractivity contribution in [1.29, 1.82) is 5.26 Å². The van der Waals surface area contributed by atoms with Crippen LogP contribution in [0.3, 0.4) is 0 Å². The van der Waals surface area contributed by atoms with Crippen LogP contribution in [0.15, 0.2) is 54.6 Å². The van der Waals surface area contributed by atoms with Gasteiger partial charge in [-0.3, -0.25) is 4.90 Å². The number of hydrogen-bond donors (Lipinski definition) is 0. The lowest BCUT2D eigenvalue weighted by molar-refractivity contribution is 0.103. The molecule has 1 saturated heterocycles. The highest BCUT2D eigenvalue weighted by Gasteiger charge is 2.28. The van der Waals surface area contributed by atoms with E-state index in [2.05, 4.69) is 60.4 Å². The third kappa shape index (κ3) is 3.05. The van der Waals surface area contributed by atoms with Crippen molar-refractivity contribution in [1.82, 2.24) is 4.90 Å². The van der Waals surface area contributed by atoms with Crippen molar-refractivity contribution >= 4 is 0 Å². The topological polar surface area (TPSA) is 27.0 Å². The molecule has 0 bridgehead atoms. The fourth-order valence-corrected chi connectivity index (χ4v) is 3.48. The first-order valence-electron chi connectivity index (χ1n) is 8.10. The van der Waals surface area contributed by atoms with Crippen LogP contribution < -0.4 is 0 Å². The Hall–Kier alpha value is -2.11. The van der Waals surface area contributed by atoms with Crippen LogP contribution in [0.25, 0.3) is 0 Å². The molecule has 2 atom stereocenters. The van der Waals surface area contributed by atoms with E-state index in [9.17, 15) is 0 Å². The maximum absolute atomic E-state index is 8.97. The zero-order valence-electron chi connectivity index (χ0n) is 13.1. The van der Waals surface area contributed by atoms with Gasteiger partial charge >= 0.3 is 0 Å². The average Bonchev–Trinajstić information content (AvgIpc) is 2.62. The van der Waals surface area contributed by atoms with Gasteiger partial charge in [0.2, 0.25) is 0 Å². The average molecular weight is 290 g/mol. The number of nitriles is 1. The van der Waals surface area contributed by atoms with Gasteiger partial charge in [-0.25, -0.2) is 0 Å². The zero-order valence-corrected chi connectivity index (χ0v) is 13.1. The molecule has 2 heteroatoms. The molecule has 1 heterocycles. The molecule has 0 aliphatic carbocycles. The first-order chi connectivity index (χ1) is 10.8. The van der Waals surface area contributed by atoms with Crippen molar-refractivity contribution in [2.24, 2.45) is 0 Å². The van der Waals surface area contributed by atoms with Crippen LogP contribution in [-0.2, 0) is 0 Å². The van der Waals surface area contributed by atoms with E-state index in [0.717, 1.165) is 12.1 Å². The molecule has 0 radical (unpaired) electrons. The SMILES string of the molecule is C[C@@H](c1ccccc1)N1CCCCC1c1ccc(C#N)cc1. The third-order valence-electron chi connectivity index (χ3n) is 4.75. The highest BCUT2D eigenvalue weighted by Crippen LogP contribution is 2.37. The number of nitrogens with zero attached hydrogens (tertiary/aromatic N) is 2. The Morgan fingerprint density at radius 1 is 1.05 bits per heavy atom. The molecule has 0 N–H and O–H groups in total. The lowest BCUT2D eigenvalue weighted by atomic mass is 9.92. The number of benzene rings is 2. The van der Waals surface area contributed by atoms with Crippen LogP contribution in [0, 0.1) is 11.3 Å². The summed E-state index contributed by atoms with van der Waals surface area (Å²) in [6, 6.07) is 21.9. The molecule has 112 valence electrons. The summed E-state index contributed by atoms with van der Waals surface area (Å²) in [4.78, 5) is 2.61. The predicted octanol–water partition coefficient (Wildman–Crippen LogP) is 4.85. The second kappa shape index (κ2) is 6.77. The van der Waals surface area contributed by atoms with Gasteiger partial charge < -0.3 is 0 Å². The highest BCUT2D eigenvalue weighted by molar-refractivity contribution is 5.33. The van der Waals surface area contributed by atoms with Crippen LogP contribution in [0.4, 0.5) is 0 Å². The lowest BCUT2D eigenvalue weighted by Crippen LogP contribution is -2.35. The molecule has 0 spiro atoms. The Bertz CT molecular complexity index is 640. The van der Waals surface area contributed by atoms with Crippen LogP contribution in [0.5, 0.6) is 0 Å². The van der Waals surface area contributed by atoms with Gasteiger partial charge in [0.1, 0.15) is 0 Å².